The zero-order valence-electron chi connectivity index (χ0n) is 12.9. The molecule has 4 heteroatoms. The monoisotopic (exact) mass is 317 g/mol. The number of carbonyl (C=O) groups excluding carboxylic acids is 1. The molecule has 0 unspecified atom stereocenters. The third-order valence-electron chi connectivity index (χ3n) is 4.73. The molecule has 0 bridgehead atoms. The highest BCUT2D eigenvalue weighted by Gasteiger charge is 2.28. The summed E-state index contributed by atoms with van der Waals surface area (Å²) in [5, 5.41) is 5.61. The number of hydrogen-bond donors (Lipinski definition) is 1. The van der Waals surface area contributed by atoms with Crippen molar-refractivity contribution in [2.45, 2.75) is 12.5 Å². The summed E-state index contributed by atoms with van der Waals surface area (Å²) < 4.78 is 10.8. The van der Waals surface area contributed by atoms with Crippen LogP contribution < -0.4 is 14.8 Å². The lowest BCUT2D eigenvalue weighted by Gasteiger charge is -2.27. The molecule has 0 fully saturated rings. The molecule has 0 aliphatic carbocycles. The second kappa shape index (κ2) is 4.99. The van der Waals surface area contributed by atoms with Crippen molar-refractivity contribution in [3.05, 3.63) is 65.7 Å². The lowest BCUT2D eigenvalue weighted by atomic mass is 9.89. The molecular weight excluding hydrogens is 302 g/mol. The van der Waals surface area contributed by atoms with Gasteiger partial charge < -0.3 is 14.8 Å². The Bertz CT molecular complexity index is 980. The Hall–Kier alpha value is -3.01. The second-order valence-electron chi connectivity index (χ2n) is 6.15. The number of anilines is 1. The van der Waals surface area contributed by atoms with Crippen molar-refractivity contribution in [3.8, 4) is 11.5 Å². The maximum Gasteiger partial charge on any atom is 0.231 e. The third kappa shape index (κ3) is 1.96. The molecule has 0 aromatic heterocycles. The van der Waals surface area contributed by atoms with Crippen molar-refractivity contribution in [1.82, 2.24) is 0 Å². The molecular formula is C20H15NO3. The zero-order valence-corrected chi connectivity index (χ0v) is 12.9. The van der Waals surface area contributed by atoms with E-state index >= 15 is 0 Å². The second-order valence-corrected chi connectivity index (χ2v) is 6.15. The van der Waals surface area contributed by atoms with E-state index in [-0.39, 0.29) is 18.6 Å². The Kier molecular flexibility index (Phi) is 2.80. The van der Waals surface area contributed by atoms with Crippen LogP contribution in [0.3, 0.4) is 0 Å². The maximum absolute atomic E-state index is 12.8. The van der Waals surface area contributed by atoms with Crippen LogP contribution in [-0.4, -0.2) is 12.6 Å². The van der Waals surface area contributed by atoms with E-state index < -0.39 is 0 Å². The Morgan fingerprint density at radius 1 is 0.958 bits per heavy atom. The van der Waals surface area contributed by atoms with Crippen LogP contribution in [0.2, 0.25) is 0 Å². The van der Waals surface area contributed by atoms with Gasteiger partial charge >= 0.3 is 0 Å². The number of Topliss-reactive ketones (excluding diaryl/α,β-unsaturated/α-hetero) is 1. The lowest BCUT2D eigenvalue weighted by Crippen LogP contribution is -2.23. The number of fused-ring (bicyclic) bond motifs is 4. The number of rotatable bonds is 1. The molecule has 3 aromatic rings. The molecule has 24 heavy (non-hydrogen) atoms. The smallest absolute Gasteiger partial charge is 0.231 e. The molecule has 0 saturated heterocycles. The summed E-state index contributed by atoms with van der Waals surface area (Å²) >= 11 is 0. The normalized spacial score (nSPS) is 18.3. The summed E-state index contributed by atoms with van der Waals surface area (Å²) in [6.07, 6.45) is 0.431. The van der Waals surface area contributed by atoms with E-state index in [1.807, 2.05) is 48.5 Å². The standard InChI is InChI=1S/C20H15NO3/c22-17-10-16(13-6-8-18-19(9-13)24-11-23-18)21-15-7-5-12-3-1-2-4-14(12)20(15)17/h1-9,16,21H,10-11H2/t16-/m0/s1. The van der Waals surface area contributed by atoms with Crippen LogP contribution in [0.15, 0.2) is 54.6 Å². The van der Waals surface area contributed by atoms with E-state index in [0.29, 0.717) is 6.42 Å². The van der Waals surface area contributed by atoms with Crippen LogP contribution in [0.1, 0.15) is 28.4 Å². The molecule has 2 aliphatic heterocycles. The number of ether oxygens (including phenoxy) is 2. The van der Waals surface area contributed by atoms with E-state index in [9.17, 15) is 4.79 Å². The van der Waals surface area contributed by atoms with Gasteiger partial charge in [-0.3, -0.25) is 4.79 Å². The lowest BCUT2D eigenvalue weighted by molar-refractivity contribution is 0.0974. The van der Waals surface area contributed by atoms with E-state index in [0.717, 1.165) is 39.1 Å². The Balaban J connectivity index is 1.57. The highest BCUT2D eigenvalue weighted by Crippen LogP contribution is 2.40. The first-order valence-electron chi connectivity index (χ1n) is 8.00. The predicted molar refractivity (Wildman–Crippen MR) is 91.8 cm³/mol. The minimum absolute atomic E-state index is 0.0549. The van der Waals surface area contributed by atoms with Gasteiger partial charge in [0.2, 0.25) is 6.79 Å². The summed E-state index contributed by atoms with van der Waals surface area (Å²) in [5.74, 6) is 1.67. The fourth-order valence-corrected chi connectivity index (χ4v) is 3.55. The molecule has 0 saturated carbocycles. The third-order valence-corrected chi connectivity index (χ3v) is 4.73. The minimum atomic E-state index is -0.0549. The topological polar surface area (TPSA) is 47.6 Å². The summed E-state index contributed by atoms with van der Waals surface area (Å²) in [6, 6.07) is 17.8. The quantitative estimate of drug-likeness (QED) is 0.726. The van der Waals surface area contributed by atoms with Gasteiger partial charge in [0.25, 0.3) is 0 Å². The van der Waals surface area contributed by atoms with Crippen molar-refractivity contribution >= 4 is 22.2 Å². The number of hydrogen-bond acceptors (Lipinski definition) is 4. The van der Waals surface area contributed by atoms with Crippen LogP contribution in [-0.2, 0) is 0 Å². The van der Waals surface area contributed by atoms with Crippen molar-refractivity contribution in [2.24, 2.45) is 0 Å². The number of benzene rings is 3. The Morgan fingerprint density at radius 3 is 2.79 bits per heavy atom. The van der Waals surface area contributed by atoms with Gasteiger partial charge in [-0.1, -0.05) is 36.4 Å². The maximum atomic E-state index is 12.8. The van der Waals surface area contributed by atoms with Gasteiger partial charge in [0.05, 0.1) is 6.04 Å². The number of nitrogens with one attached hydrogen (secondary N) is 1. The van der Waals surface area contributed by atoms with Gasteiger partial charge in [-0.05, 0) is 34.5 Å². The average Bonchev–Trinajstić information content (AvgIpc) is 3.08. The van der Waals surface area contributed by atoms with E-state index in [2.05, 4.69) is 11.4 Å². The first kappa shape index (κ1) is 13.4. The molecule has 0 radical (unpaired) electrons. The van der Waals surface area contributed by atoms with E-state index in [1.165, 1.54) is 0 Å². The van der Waals surface area contributed by atoms with Crippen LogP contribution in [0.4, 0.5) is 5.69 Å². The molecule has 2 heterocycles. The molecule has 2 aliphatic rings. The van der Waals surface area contributed by atoms with Crippen molar-refractivity contribution < 1.29 is 14.3 Å². The zero-order chi connectivity index (χ0) is 16.1. The predicted octanol–water partition coefficient (Wildman–Crippen LogP) is 4.31. The summed E-state index contributed by atoms with van der Waals surface area (Å²) in [6.45, 7) is 0.255. The van der Waals surface area contributed by atoms with Crippen molar-refractivity contribution in [1.29, 1.82) is 0 Å². The molecule has 0 spiro atoms. The highest BCUT2D eigenvalue weighted by atomic mass is 16.7. The molecule has 118 valence electrons. The van der Waals surface area contributed by atoms with Gasteiger partial charge in [0.15, 0.2) is 17.3 Å². The van der Waals surface area contributed by atoms with Gasteiger partial charge in [-0.15, -0.1) is 0 Å². The summed E-state index contributed by atoms with van der Waals surface area (Å²) in [7, 11) is 0. The molecule has 1 N–H and O–H groups in total. The van der Waals surface area contributed by atoms with Crippen LogP contribution >= 0.6 is 0 Å². The van der Waals surface area contributed by atoms with Gasteiger partial charge in [0.1, 0.15) is 0 Å². The number of ketones is 1. The molecule has 0 amide bonds. The largest absolute Gasteiger partial charge is 0.454 e. The summed E-state index contributed by atoms with van der Waals surface area (Å²) in [4.78, 5) is 12.8. The molecule has 5 rings (SSSR count). The van der Waals surface area contributed by atoms with E-state index in [4.69, 9.17) is 9.47 Å². The Morgan fingerprint density at radius 2 is 1.83 bits per heavy atom. The SMILES string of the molecule is O=C1C[C@@H](c2ccc3c(c2)OCO3)Nc2ccc3ccccc3c21. The van der Waals surface area contributed by atoms with Gasteiger partial charge in [0, 0.05) is 17.7 Å². The fourth-order valence-electron chi connectivity index (χ4n) is 3.55. The van der Waals surface area contributed by atoms with Crippen molar-refractivity contribution in [3.63, 3.8) is 0 Å². The molecule has 4 nitrogen and oxygen atoms in total. The Labute approximate surface area is 139 Å². The molecule has 1 atom stereocenters. The van der Waals surface area contributed by atoms with Gasteiger partial charge in [-0.2, -0.15) is 0 Å². The first-order chi connectivity index (χ1) is 11.8. The molecule has 3 aromatic carbocycles. The van der Waals surface area contributed by atoms with Crippen molar-refractivity contribution in [2.75, 3.05) is 12.1 Å². The number of carbonyl (C=O) groups is 1. The fraction of sp³-hybridized carbons (Fsp3) is 0.150. The van der Waals surface area contributed by atoms with Crippen LogP contribution in [0.5, 0.6) is 11.5 Å². The van der Waals surface area contributed by atoms with Crippen LogP contribution in [0, 0.1) is 0 Å². The van der Waals surface area contributed by atoms with E-state index in [1.54, 1.807) is 0 Å². The minimum Gasteiger partial charge on any atom is -0.454 e. The summed E-state index contributed by atoms with van der Waals surface area (Å²) in [5.41, 5.74) is 2.73. The van der Waals surface area contributed by atoms with Gasteiger partial charge in [-0.25, -0.2) is 0 Å². The highest BCUT2D eigenvalue weighted by molar-refractivity contribution is 6.14. The average molecular weight is 317 g/mol. The van der Waals surface area contributed by atoms with Crippen LogP contribution in [0.25, 0.3) is 10.8 Å². The first-order valence-corrected chi connectivity index (χ1v) is 8.00.